The van der Waals surface area contributed by atoms with Gasteiger partial charge in [-0.1, -0.05) is 0 Å². The van der Waals surface area contributed by atoms with Crippen LogP contribution in [-0.2, 0) is 9.47 Å². The van der Waals surface area contributed by atoms with Crippen LogP contribution in [0.25, 0.3) is 0 Å². The smallest absolute Gasteiger partial charge is 0.0882 e. The van der Waals surface area contributed by atoms with E-state index < -0.39 is 5.60 Å². The molecule has 2 saturated heterocycles. The molecule has 1 spiro atoms. The van der Waals surface area contributed by atoms with Crippen molar-refractivity contribution in [3.63, 3.8) is 0 Å². The maximum atomic E-state index is 10.6. The highest BCUT2D eigenvalue weighted by atomic mass is 32.2. The quantitative estimate of drug-likeness (QED) is 0.855. The van der Waals surface area contributed by atoms with E-state index in [9.17, 15) is 5.11 Å². The highest BCUT2D eigenvalue weighted by molar-refractivity contribution is 7.99. The van der Waals surface area contributed by atoms with Crippen molar-refractivity contribution < 1.29 is 14.6 Å². The van der Waals surface area contributed by atoms with Gasteiger partial charge in [0.1, 0.15) is 0 Å². The van der Waals surface area contributed by atoms with Gasteiger partial charge >= 0.3 is 0 Å². The maximum Gasteiger partial charge on any atom is 0.0882 e. The topological polar surface area (TPSA) is 38.7 Å². The molecule has 0 aromatic carbocycles. The molecule has 2 aliphatic heterocycles. The summed E-state index contributed by atoms with van der Waals surface area (Å²) >= 11 is 2.02. The fourth-order valence-electron chi connectivity index (χ4n) is 3.08. The lowest BCUT2D eigenvalue weighted by Crippen LogP contribution is -2.50. The van der Waals surface area contributed by atoms with E-state index in [0.29, 0.717) is 19.1 Å². The van der Waals surface area contributed by atoms with Crippen molar-refractivity contribution in [2.24, 2.45) is 5.92 Å². The molecule has 106 valence electrons. The minimum absolute atomic E-state index is 0.0460. The number of ether oxygens (including phenoxy) is 2. The Morgan fingerprint density at radius 3 is 2.83 bits per heavy atom. The van der Waals surface area contributed by atoms with Crippen LogP contribution in [0, 0.1) is 5.92 Å². The number of hydrogen-bond acceptors (Lipinski definition) is 4. The predicted octanol–water partition coefficient (Wildman–Crippen LogP) is 2.47. The van der Waals surface area contributed by atoms with Crippen molar-refractivity contribution in [2.45, 2.75) is 50.7 Å². The van der Waals surface area contributed by atoms with E-state index in [2.05, 4.69) is 0 Å². The van der Waals surface area contributed by atoms with Crippen LogP contribution >= 0.6 is 11.8 Å². The van der Waals surface area contributed by atoms with Gasteiger partial charge in [-0.3, -0.25) is 0 Å². The van der Waals surface area contributed by atoms with E-state index in [1.54, 1.807) is 0 Å². The van der Waals surface area contributed by atoms with Crippen LogP contribution in [0.1, 0.15) is 39.5 Å². The normalized spacial score (nSPS) is 31.2. The van der Waals surface area contributed by atoms with E-state index in [1.807, 2.05) is 25.6 Å². The molecule has 0 bridgehead atoms. The highest BCUT2D eigenvalue weighted by Gasteiger charge is 2.44. The summed E-state index contributed by atoms with van der Waals surface area (Å²) in [6.07, 6.45) is 4.22. The van der Waals surface area contributed by atoms with E-state index in [-0.39, 0.29) is 5.60 Å². The predicted molar refractivity (Wildman–Crippen MR) is 75.1 cm³/mol. The van der Waals surface area contributed by atoms with Gasteiger partial charge in [0.2, 0.25) is 0 Å². The first-order chi connectivity index (χ1) is 8.58. The average Bonchev–Trinajstić information content (AvgIpc) is 2.37. The van der Waals surface area contributed by atoms with E-state index in [0.717, 1.165) is 32.3 Å². The van der Waals surface area contributed by atoms with Crippen molar-refractivity contribution in [3.05, 3.63) is 0 Å². The molecule has 1 N–H and O–H groups in total. The molecule has 0 radical (unpaired) electrons. The van der Waals surface area contributed by atoms with Crippen LogP contribution in [0.5, 0.6) is 0 Å². The van der Waals surface area contributed by atoms with Crippen LogP contribution in [0.2, 0.25) is 0 Å². The van der Waals surface area contributed by atoms with Crippen molar-refractivity contribution in [1.29, 1.82) is 0 Å². The second-order valence-corrected chi connectivity index (χ2v) is 7.05. The van der Waals surface area contributed by atoms with Gasteiger partial charge in [0.25, 0.3) is 0 Å². The van der Waals surface area contributed by atoms with Gasteiger partial charge in [-0.05, 0) is 57.0 Å². The Kier molecular flexibility index (Phi) is 4.98. The molecule has 18 heavy (non-hydrogen) atoms. The Morgan fingerprint density at radius 2 is 2.17 bits per heavy atom. The van der Waals surface area contributed by atoms with Gasteiger partial charge in [0.15, 0.2) is 0 Å². The van der Waals surface area contributed by atoms with Crippen molar-refractivity contribution >= 4 is 11.8 Å². The molecule has 0 aliphatic carbocycles. The Morgan fingerprint density at radius 1 is 1.44 bits per heavy atom. The monoisotopic (exact) mass is 274 g/mol. The molecule has 0 aromatic rings. The second-order valence-electron chi connectivity index (χ2n) is 5.83. The van der Waals surface area contributed by atoms with Crippen LogP contribution in [-0.4, -0.2) is 47.6 Å². The first-order valence-corrected chi connectivity index (χ1v) is 8.25. The fraction of sp³-hybridized carbons (Fsp3) is 1.00. The third-order valence-electron chi connectivity index (χ3n) is 4.37. The first-order valence-electron chi connectivity index (χ1n) is 7.10. The van der Waals surface area contributed by atoms with Crippen molar-refractivity contribution in [2.75, 3.05) is 31.3 Å². The zero-order chi connectivity index (χ0) is 13.1. The summed E-state index contributed by atoms with van der Waals surface area (Å²) in [5, 5.41) is 10.6. The van der Waals surface area contributed by atoms with Gasteiger partial charge < -0.3 is 14.6 Å². The Bertz CT molecular complexity index is 256. The fourth-order valence-corrected chi connectivity index (χ4v) is 4.31. The van der Waals surface area contributed by atoms with E-state index in [4.69, 9.17) is 9.47 Å². The minimum Gasteiger partial charge on any atom is -0.387 e. The zero-order valence-corrected chi connectivity index (χ0v) is 12.4. The molecule has 2 unspecified atom stereocenters. The summed E-state index contributed by atoms with van der Waals surface area (Å²) in [6.45, 7) is 5.79. The molecule has 2 rings (SSSR count). The average molecular weight is 274 g/mol. The molecule has 2 heterocycles. The Labute approximate surface area is 115 Å². The zero-order valence-electron chi connectivity index (χ0n) is 11.6. The summed E-state index contributed by atoms with van der Waals surface area (Å²) < 4.78 is 11.5. The molecule has 4 heteroatoms. The van der Waals surface area contributed by atoms with Crippen molar-refractivity contribution in [3.8, 4) is 0 Å². The van der Waals surface area contributed by atoms with Gasteiger partial charge in [-0.2, -0.15) is 11.8 Å². The highest BCUT2D eigenvalue weighted by Crippen LogP contribution is 2.42. The Balaban J connectivity index is 1.96. The molecule has 0 amide bonds. The van der Waals surface area contributed by atoms with Crippen LogP contribution in [0.3, 0.4) is 0 Å². The largest absolute Gasteiger partial charge is 0.387 e. The number of thioether (sulfide) groups is 1. The Hall–Kier alpha value is 0.230. The van der Waals surface area contributed by atoms with E-state index in [1.165, 1.54) is 11.5 Å². The lowest BCUT2D eigenvalue weighted by Gasteiger charge is -2.47. The molecular weight excluding hydrogens is 248 g/mol. The summed E-state index contributed by atoms with van der Waals surface area (Å²) in [4.78, 5) is 0. The molecule has 0 aromatic heterocycles. The molecule has 0 saturated carbocycles. The lowest BCUT2D eigenvalue weighted by molar-refractivity contribution is -0.156. The van der Waals surface area contributed by atoms with Gasteiger partial charge in [0.05, 0.1) is 17.8 Å². The SMILES string of the molecule is CCOCC(C)(O)C1CCOC2(CCSCC2)C1. The lowest BCUT2D eigenvalue weighted by atomic mass is 9.74. The molecule has 2 atom stereocenters. The van der Waals surface area contributed by atoms with Crippen LogP contribution in [0.4, 0.5) is 0 Å². The summed E-state index contributed by atoms with van der Waals surface area (Å²) in [6, 6.07) is 0. The second kappa shape index (κ2) is 6.12. The number of aliphatic hydroxyl groups is 1. The van der Waals surface area contributed by atoms with Crippen molar-refractivity contribution in [1.82, 2.24) is 0 Å². The summed E-state index contributed by atoms with van der Waals surface area (Å²) in [5.41, 5.74) is -0.665. The third-order valence-corrected chi connectivity index (χ3v) is 5.36. The van der Waals surface area contributed by atoms with Gasteiger partial charge in [0, 0.05) is 13.2 Å². The number of rotatable bonds is 4. The maximum absolute atomic E-state index is 10.6. The standard InChI is InChI=1S/C14H26O3S/c1-3-16-11-13(2,15)12-4-7-17-14(10-12)5-8-18-9-6-14/h12,15H,3-11H2,1-2H3. The summed E-state index contributed by atoms with van der Waals surface area (Å²) in [5.74, 6) is 2.70. The van der Waals surface area contributed by atoms with E-state index >= 15 is 0 Å². The van der Waals surface area contributed by atoms with Crippen LogP contribution in [0.15, 0.2) is 0 Å². The molecule has 2 fully saturated rings. The van der Waals surface area contributed by atoms with Gasteiger partial charge in [-0.15, -0.1) is 0 Å². The molecule has 3 nitrogen and oxygen atoms in total. The minimum atomic E-state index is -0.711. The first kappa shape index (κ1) is 14.6. The van der Waals surface area contributed by atoms with Crippen LogP contribution < -0.4 is 0 Å². The van der Waals surface area contributed by atoms with Gasteiger partial charge in [-0.25, -0.2) is 0 Å². The summed E-state index contributed by atoms with van der Waals surface area (Å²) in [7, 11) is 0. The molecule has 2 aliphatic rings. The third kappa shape index (κ3) is 3.41. The molecular formula is C14H26O3S. The number of hydrogen-bond donors (Lipinski definition) is 1.